The van der Waals surface area contributed by atoms with Crippen LogP contribution < -0.4 is 0 Å². The first-order valence-corrected chi connectivity index (χ1v) is 5.32. The molecule has 15 heavy (non-hydrogen) atoms. The van der Waals surface area contributed by atoms with Crippen molar-refractivity contribution in [2.45, 2.75) is 27.2 Å². The van der Waals surface area contributed by atoms with Gasteiger partial charge in [-0.25, -0.2) is 4.98 Å². The Morgan fingerprint density at radius 3 is 2.67 bits per heavy atom. The molecule has 0 bridgehead atoms. The highest BCUT2D eigenvalue weighted by Gasteiger charge is 2.03. The summed E-state index contributed by atoms with van der Waals surface area (Å²) in [5, 5.41) is 0. The monoisotopic (exact) mass is 200 g/mol. The van der Waals surface area contributed by atoms with Gasteiger partial charge in [-0.3, -0.25) is 0 Å². The van der Waals surface area contributed by atoms with Crippen LogP contribution in [-0.4, -0.2) is 9.55 Å². The lowest BCUT2D eigenvalue weighted by atomic mass is 10.1. The summed E-state index contributed by atoms with van der Waals surface area (Å²) in [7, 11) is 0. The molecule has 0 aliphatic carbocycles. The minimum atomic E-state index is 0.958. The Hall–Kier alpha value is -1.57. The van der Waals surface area contributed by atoms with Crippen molar-refractivity contribution in [3.05, 3.63) is 47.5 Å². The summed E-state index contributed by atoms with van der Waals surface area (Å²) in [4.78, 5) is 4.33. The van der Waals surface area contributed by atoms with Crippen LogP contribution in [0.4, 0.5) is 0 Å². The van der Waals surface area contributed by atoms with Crippen molar-refractivity contribution in [3.63, 3.8) is 0 Å². The molecule has 0 atom stereocenters. The van der Waals surface area contributed by atoms with Crippen molar-refractivity contribution in [2.75, 3.05) is 0 Å². The molecule has 0 radical (unpaired) electrons. The normalized spacial score (nSPS) is 10.6. The van der Waals surface area contributed by atoms with Crippen LogP contribution in [0.3, 0.4) is 0 Å². The van der Waals surface area contributed by atoms with Gasteiger partial charge in [0.2, 0.25) is 0 Å². The molecule has 1 aromatic carbocycles. The molecule has 0 fully saturated rings. The van der Waals surface area contributed by atoms with Crippen molar-refractivity contribution in [1.82, 2.24) is 9.55 Å². The molecule has 2 rings (SSSR count). The number of aryl methyl sites for hydroxylation is 3. The molecule has 1 heterocycles. The Kier molecular flexibility index (Phi) is 2.58. The largest absolute Gasteiger partial charge is 0.304 e. The van der Waals surface area contributed by atoms with E-state index in [1.54, 1.807) is 0 Å². The summed E-state index contributed by atoms with van der Waals surface area (Å²) in [5.74, 6) is 1.11. The van der Waals surface area contributed by atoms with Gasteiger partial charge in [-0.1, -0.05) is 13.0 Å². The predicted octanol–water partition coefficient (Wildman–Crippen LogP) is 3.05. The predicted molar refractivity (Wildman–Crippen MR) is 62.4 cm³/mol. The summed E-state index contributed by atoms with van der Waals surface area (Å²) >= 11 is 0. The van der Waals surface area contributed by atoms with E-state index in [0.717, 1.165) is 12.2 Å². The number of aromatic nitrogens is 2. The van der Waals surface area contributed by atoms with Crippen LogP contribution in [0, 0.1) is 13.8 Å². The Morgan fingerprint density at radius 1 is 1.20 bits per heavy atom. The Morgan fingerprint density at radius 2 is 2.00 bits per heavy atom. The SMILES string of the molecule is CCc1nccn1-c1ccc(C)c(C)c1. The van der Waals surface area contributed by atoms with Crippen molar-refractivity contribution < 1.29 is 0 Å². The van der Waals surface area contributed by atoms with Gasteiger partial charge in [0.05, 0.1) is 0 Å². The number of imidazole rings is 1. The third kappa shape index (κ3) is 1.80. The van der Waals surface area contributed by atoms with E-state index in [1.165, 1.54) is 16.8 Å². The second-order valence-corrected chi connectivity index (χ2v) is 3.84. The molecule has 0 saturated carbocycles. The maximum atomic E-state index is 4.33. The van der Waals surface area contributed by atoms with Crippen molar-refractivity contribution in [1.29, 1.82) is 0 Å². The van der Waals surface area contributed by atoms with Crippen molar-refractivity contribution in [3.8, 4) is 5.69 Å². The molecule has 78 valence electrons. The Balaban J connectivity index is 2.50. The lowest BCUT2D eigenvalue weighted by Gasteiger charge is -2.08. The quantitative estimate of drug-likeness (QED) is 0.728. The first-order chi connectivity index (χ1) is 7.22. The molecule has 0 unspecified atom stereocenters. The lowest BCUT2D eigenvalue weighted by Crippen LogP contribution is -1.99. The molecule has 0 amide bonds. The highest BCUT2D eigenvalue weighted by atomic mass is 15.1. The molecular weight excluding hydrogens is 184 g/mol. The van der Waals surface area contributed by atoms with Crippen LogP contribution in [0.1, 0.15) is 23.9 Å². The van der Waals surface area contributed by atoms with Gasteiger partial charge in [-0.15, -0.1) is 0 Å². The van der Waals surface area contributed by atoms with E-state index >= 15 is 0 Å². The van der Waals surface area contributed by atoms with E-state index in [1.807, 2.05) is 12.4 Å². The average Bonchev–Trinajstić information content (AvgIpc) is 2.70. The summed E-state index contributed by atoms with van der Waals surface area (Å²) in [6.07, 6.45) is 4.83. The number of nitrogens with zero attached hydrogens (tertiary/aromatic N) is 2. The minimum absolute atomic E-state index is 0.958. The van der Waals surface area contributed by atoms with Gasteiger partial charge in [-0.05, 0) is 37.1 Å². The van der Waals surface area contributed by atoms with Crippen LogP contribution in [0.25, 0.3) is 5.69 Å². The Labute approximate surface area is 90.6 Å². The standard InChI is InChI=1S/C13H16N2/c1-4-13-14-7-8-15(13)12-6-5-10(2)11(3)9-12/h5-9H,4H2,1-3H3. The fourth-order valence-corrected chi connectivity index (χ4v) is 1.71. The summed E-state index contributed by atoms with van der Waals surface area (Å²) in [6, 6.07) is 6.50. The molecule has 0 saturated heterocycles. The fourth-order valence-electron chi connectivity index (χ4n) is 1.71. The minimum Gasteiger partial charge on any atom is -0.304 e. The topological polar surface area (TPSA) is 17.8 Å². The van der Waals surface area contributed by atoms with E-state index in [4.69, 9.17) is 0 Å². The highest BCUT2D eigenvalue weighted by Crippen LogP contribution is 2.15. The third-order valence-electron chi connectivity index (χ3n) is 2.80. The molecule has 0 aliphatic rings. The van der Waals surface area contributed by atoms with Gasteiger partial charge < -0.3 is 4.57 Å². The number of hydrogen-bond donors (Lipinski definition) is 0. The molecule has 0 spiro atoms. The van der Waals surface area contributed by atoms with E-state index in [-0.39, 0.29) is 0 Å². The van der Waals surface area contributed by atoms with Gasteiger partial charge in [0.1, 0.15) is 5.82 Å². The zero-order valence-corrected chi connectivity index (χ0v) is 9.49. The molecule has 1 aromatic heterocycles. The van der Waals surface area contributed by atoms with Crippen molar-refractivity contribution in [2.24, 2.45) is 0 Å². The van der Waals surface area contributed by atoms with Gasteiger partial charge in [0.25, 0.3) is 0 Å². The molecule has 2 nitrogen and oxygen atoms in total. The van der Waals surface area contributed by atoms with Gasteiger partial charge >= 0.3 is 0 Å². The third-order valence-corrected chi connectivity index (χ3v) is 2.80. The number of hydrogen-bond acceptors (Lipinski definition) is 1. The molecule has 0 aliphatic heterocycles. The van der Waals surface area contributed by atoms with E-state index in [0.29, 0.717) is 0 Å². The van der Waals surface area contributed by atoms with E-state index < -0.39 is 0 Å². The second-order valence-electron chi connectivity index (χ2n) is 3.84. The zero-order chi connectivity index (χ0) is 10.8. The molecule has 2 aromatic rings. The van der Waals surface area contributed by atoms with Gasteiger partial charge in [0.15, 0.2) is 0 Å². The van der Waals surface area contributed by atoms with Gasteiger partial charge in [0, 0.05) is 24.5 Å². The maximum Gasteiger partial charge on any atom is 0.112 e. The number of rotatable bonds is 2. The maximum absolute atomic E-state index is 4.33. The number of benzene rings is 1. The summed E-state index contributed by atoms with van der Waals surface area (Å²) < 4.78 is 2.15. The van der Waals surface area contributed by atoms with E-state index in [9.17, 15) is 0 Å². The van der Waals surface area contributed by atoms with Crippen LogP contribution in [0.2, 0.25) is 0 Å². The Bertz CT molecular complexity index is 469. The first-order valence-electron chi connectivity index (χ1n) is 5.32. The first kappa shape index (κ1) is 9.97. The summed E-state index contributed by atoms with van der Waals surface area (Å²) in [5.41, 5.74) is 3.85. The van der Waals surface area contributed by atoms with E-state index in [2.05, 4.69) is 48.5 Å². The van der Waals surface area contributed by atoms with Crippen LogP contribution >= 0.6 is 0 Å². The van der Waals surface area contributed by atoms with Gasteiger partial charge in [-0.2, -0.15) is 0 Å². The highest BCUT2D eigenvalue weighted by molar-refractivity contribution is 5.40. The average molecular weight is 200 g/mol. The zero-order valence-electron chi connectivity index (χ0n) is 9.49. The fraction of sp³-hybridized carbons (Fsp3) is 0.308. The molecule has 0 N–H and O–H groups in total. The van der Waals surface area contributed by atoms with Crippen LogP contribution in [0.15, 0.2) is 30.6 Å². The van der Waals surface area contributed by atoms with Crippen molar-refractivity contribution >= 4 is 0 Å². The van der Waals surface area contributed by atoms with Crippen LogP contribution in [-0.2, 0) is 6.42 Å². The molecule has 2 heteroatoms. The second kappa shape index (κ2) is 3.89. The lowest BCUT2D eigenvalue weighted by molar-refractivity contribution is 0.890. The summed E-state index contributed by atoms with van der Waals surface area (Å²) in [6.45, 7) is 6.40. The molecular formula is C13H16N2. The van der Waals surface area contributed by atoms with Crippen LogP contribution in [0.5, 0.6) is 0 Å². The smallest absolute Gasteiger partial charge is 0.112 e.